The number of carbonyl (C=O) groups excluding carboxylic acids is 1. The number of nitrogens with one attached hydrogen (secondary N) is 2. The van der Waals surface area contributed by atoms with Gasteiger partial charge in [-0.3, -0.25) is 4.79 Å². The Bertz CT molecular complexity index is 701. The standard InChI is InChI=1S/C17H19N3O3/c1-11-3-5-13(6-4-11)18-10-17(23)20-19-9-15-12(2)7-14(21)8-16(15)22/h3-9,18,21-22H,10H2,1-2H3,(H,20,23)/b19-9+. The van der Waals surface area contributed by atoms with Crippen molar-refractivity contribution < 1.29 is 15.0 Å². The van der Waals surface area contributed by atoms with E-state index >= 15 is 0 Å². The number of hydrogen-bond acceptors (Lipinski definition) is 5. The van der Waals surface area contributed by atoms with Gasteiger partial charge in [0.2, 0.25) is 0 Å². The van der Waals surface area contributed by atoms with Crippen LogP contribution in [0.4, 0.5) is 5.69 Å². The lowest BCUT2D eigenvalue weighted by molar-refractivity contribution is -0.119. The Labute approximate surface area is 134 Å². The molecule has 0 heterocycles. The third-order valence-electron chi connectivity index (χ3n) is 3.24. The highest BCUT2D eigenvalue weighted by Crippen LogP contribution is 2.24. The van der Waals surface area contributed by atoms with Crippen LogP contribution in [-0.4, -0.2) is 28.9 Å². The normalized spacial score (nSPS) is 10.7. The summed E-state index contributed by atoms with van der Waals surface area (Å²) >= 11 is 0. The van der Waals surface area contributed by atoms with E-state index in [1.807, 2.05) is 31.2 Å². The van der Waals surface area contributed by atoms with Crippen LogP contribution in [0.3, 0.4) is 0 Å². The molecular weight excluding hydrogens is 294 g/mol. The van der Waals surface area contributed by atoms with Crippen molar-refractivity contribution in [1.82, 2.24) is 5.43 Å². The Hall–Kier alpha value is -3.02. The summed E-state index contributed by atoms with van der Waals surface area (Å²) in [6, 6.07) is 10.4. The highest BCUT2D eigenvalue weighted by Gasteiger charge is 2.05. The minimum Gasteiger partial charge on any atom is -0.508 e. The summed E-state index contributed by atoms with van der Waals surface area (Å²) < 4.78 is 0. The summed E-state index contributed by atoms with van der Waals surface area (Å²) in [7, 11) is 0. The van der Waals surface area contributed by atoms with Crippen LogP contribution in [-0.2, 0) is 4.79 Å². The van der Waals surface area contributed by atoms with Crippen molar-refractivity contribution in [3.05, 3.63) is 53.1 Å². The lowest BCUT2D eigenvalue weighted by Crippen LogP contribution is -2.25. The molecular formula is C17H19N3O3. The number of aryl methyl sites for hydroxylation is 2. The Balaban J connectivity index is 1.88. The second-order valence-corrected chi connectivity index (χ2v) is 5.21. The molecule has 0 spiro atoms. The summed E-state index contributed by atoms with van der Waals surface area (Å²) in [6.45, 7) is 3.80. The number of hydrazone groups is 1. The first kappa shape index (κ1) is 16.4. The zero-order valence-electron chi connectivity index (χ0n) is 13.0. The number of hydrogen-bond donors (Lipinski definition) is 4. The molecule has 0 aromatic heterocycles. The Morgan fingerprint density at radius 1 is 1.17 bits per heavy atom. The first-order valence-electron chi connectivity index (χ1n) is 7.10. The van der Waals surface area contributed by atoms with Crippen LogP contribution in [0.5, 0.6) is 11.5 Å². The fraction of sp³-hybridized carbons (Fsp3) is 0.176. The molecule has 0 saturated carbocycles. The zero-order chi connectivity index (χ0) is 16.8. The summed E-state index contributed by atoms with van der Waals surface area (Å²) in [5.74, 6) is -0.431. The highest BCUT2D eigenvalue weighted by atomic mass is 16.3. The summed E-state index contributed by atoms with van der Waals surface area (Å²) in [5, 5.41) is 25.9. The van der Waals surface area contributed by atoms with Gasteiger partial charge >= 0.3 is 0 Å². The van der Waals surface area contributed by atoms with E-state index in [-0.39, 0.29) is 24.0 Å². The van der Waals surface area contributed by atoms with E-state index in [0.717, 1.165) is 11.3 Å². The van der Waals surface area contributed by atoms with Crippen molar-refractivity contribution in [2.75, 3.05) is 11.9 Å². The number of rotatable bonds is 5. The number of carbonyl (C=O) groups is 1. The van der Waals surface area contributed by atoms with Gasteiger partial charge in [-0.2, -0.15) is 5.10 Å². The number of aromatic hydroxyl groups is 2. The van der Waals surface area contributed by atoms with E-state index in [1.54, 1.807) is 6.92 Å². The molecule has 0 radical (unpaired) electrons. The van der Waals surface area contributed by atoms with Gasteiger partial charge < -0.3 is 15.5 Å². The minimum absolute atomic E-state index is 0.0246. The topological polar surface area (TPSA) is 94.0 Å². The smallest absolute Gasteiger partial charge is 0.259 e. The van der Waals surface area contributed by atoms with E-state index in [2.05, 4.69) is 15.8 Å². The Morgan fingerprint density at radius 3 is 2.52 bits per heavy atom. The molecule has 1 amide bonds. The number of nitrogens with zero attached hydrogens (tertiary/aromatic N) is 1. The molecule has 23 heavy (non-hydrogen) atoms. The maximum Gasteiger partial charge on any atom is 0.259 e. The van der Waals surface area contributed by atoms with Crippen molar-refractivity contribution in [2.24, 2.45) is 5.10 Å². The Kier molecular flexibility index (Phi) is 5.19. The number of phenolic OH excluding ortho intramolecular Hbond substituents is 2. The van der Waals surface area contributed by atoms with Gasteiger partial charge in [0.1, 0.15) is 11.5 Å². The van der Waals surface area contributed by atoms with Crippen LogP contribution in [0.1, 0.15) is 16.7 Å². The van der Waals surface area contributed by atoms with Crippen molar-refractivity contribution >= 4 is 17.8 Å². The molecule has 2 aromatic carbocycles. The molecule has 0 aliphatic carbocycles. The zero-order valence-corrected chi connectivity index (χ0v) is 13.0. The number of benzene rings is 2. The molecule has 0 unspecified atom stereocenters. The first-order chi connectivity index (χ1) is 11.0. The molecule has 4 N–H and O–H groups in total. The molecule has 0 saturated heterocycles. The fourth-order valence-electron chi connectivity index (χ4n) is 1.99. The lowest BCUT2D eigenvalue weighted by atomic mass is 10.1. The second-order valence-electron chi connectivity index (χ2n) is 5.21. The predicted octanol–water partition coefficient (Wildman–Crippen LogP) is 2.28. The molecule has 0 atom stereocenters. The number of phenols is 2. The van der Waals surface area contributed by atoms with E-state index in [0.29, 0.717) is 11.1 Å². The number of anilines is 1. The van der Waals surface area contributed by atoms with Crippen molar-refractivity contribution in [2.45, 2.75) is 13.8 Å². The highest BCUT2D eigenvalue weighted by molar-refractivity contribution is 5.87. The maximum absolute atomic E-state index is 11.7. The third-order valence-corrected chi connectivity index (χ3v) is 3.24. The average molecular weight is 313 g/mol. The molecule has 0 aliphatic heterocycles. The average Bonchev–Trinajstić information content (AvgIpc) is 2.49. The van der Waals surface area contributed by atoms with Gasteiger partial charge in [-0.05, 0) is 37.6 Å². The van der Waals surface area contributed by atoms with Gasteiger partial charge in [-0.25, -0.2) is 5.43 Å². The first-order valence-corrected chi connectivity index (χ1v) is 7.10. The fourth-order valence-corrected chi connectivity index (χ4v) is 1.99. The van der Waals surface area contributed by atoms with Crippen LogP contribution in [0.15, 0.2) is 41.5 Å². The molecule has 2 rings (SSSR count). The third kappa shape index (κ3) is 4.74. The molecule has 0 bridgehead atoms. The van der Waals surface area contributed by atoms with Crippen molar-refractivity contribution in [3.8, 4) is 11.5 Å². The van der Waals surface area contributed by atoms with Gasteiger partial charge in [-0.15, -0.1) is 0 Å². The van der Waals surface area contributed by atoms with Gasteiger partial charge in [0.05, 0.1) is 12.8 Å². The van der Waals surface area contributed by atoms with E-state index in [1.165, 1.54) is 18.3 Å². The van der Waals surface area contributed by atoms with E-state index in [9.17, 15) is 15.0 Å². The van der Waals surface area contributed by atoms with E-state index < -0.39 is 0 Å². The molecule has 2 aromatic rings. The summed E-state index contributed by atoms with van der Waals surface area (Å²) in [5.41, 5.74) is 5.46. The lowest BCUT2D eigenvalue weighted by Gasteiger charge is -2.06. The molecule has 0 fully saturated rings. The van der Waals surface area contributed by atoms with Crippen LogP contribution >= 0.6 is 0 Å². The maximum atomic E-state index is 11.7. The SMILES string of the molecule is Cc1ccc(NCC(=O)N/N=C/c2c(C)cc(O)cc2O)cc1. The molecule has 6 heteroatoms. The predicted molar refractivity (Wildman–Crippen MR) is 89.9 cm³/mol. The van der Waals surface area contributed by atoms with Gasteiger partial charge in [0.25, 0.3) is 5.91 Å². The van der Waals surface area contributed by atoms with Crippen molar-refractivity contribution in [3.63, 3.8) is 0 Å². The van der Waals surface area contributed by atoms with Crippen LogP contribution < -0.4 is 10.7 Å². The van der Waals surface area contributed by atoms with Gasteiger partial charge in [-0.1, -0.05) is 17.7 Å². The van der Waals surface area contributed by atoms with E-state index in [4.69, 9.17) is 0 Å². The quantitative estimate of drug-likeness (QED) is 0.503. The summed E-state index contributed by atoms with van der Waals surface area (Å²) in [4.78, 5) is 11.7. The van der Waals surface area contributed by atoms with Crippen LogP contribution in [0.25, 0.3) is 0 Å². The molecule has 120 valence electrons. The van der Waals surface area contributed by atoms with Crippen LogP contribution in [0, 0.1) is 13.8 Å². The van der Waals surface area contributed by atoms with Gasteiger partial charge in [0.15, 0.2) is 0 Å². The monoisotopic (exact) mass is 313 g/mol. The summed E-state index contributed by atoms with van der Waals surface area (Å²) in [6.07, 6.45) is 1.34. The Morgan fingerprint density at radius 2 is 1.87 bits per heavy atom. The molecule has 6 nitrogen and oxygen atoms in total. The second kappa shape index (κ2) is 7.31. The van der Waals surface area contributed by atoms with Crippen LogP contribution in [0.2, 0.25) is 0 Å². The minimum atomic E-state index is -0.308. The number of amides is 1. The van der Waals surface area contributed by atoms with Crippen molar-refractivity contribution in [1.29, 1.82) is 0 Å². The molecule has 0 aliphatic rings. The largest absolute Gasteiger partial charge is 0.508 e. The van der Waals surface area contributed by atoms with Gasteiger partial charge in [0, 0.05) is 17.3 Å².